The van der Waals surface area contributed by atoms with Gasteiger partial charge in [0.25, 0.3) is 0 Å². The summed E-state index contributed by atoms with van der Waals surface area (Å²) < 4.78 is 5.03. The zero-order chi connectivity index (χ0) is 29.4. The quantitative estimate of drug-likeness (QED) is 0.0503. The van der Waals surface area contributed by atoms with Gasteiger partial charge in [0, 0.05) is 0 Å². The largest absolute Gasteiger partial charge is 0.481 e. The van der Waals surface area contributed by atoms with E-state index < -0.39 is 17.9 Å². The van der Waals surface area contributed by atoms with E-state index in [9.17, 15) is 9.59 Å². The molecule has 0 saturated carbocycles. The van der Waals surface area contributed by atoms with Crippen molar-refractivity contribution in [3.63, 3.8) is 0 Å². The van der Waals surface area contributed by atoms with Crippen LogP contribution in [0, 0.1) is 5.92 Å². The summed E-state index contributed by atoms with van der Waals surface area (Å²) in [6.45, 7) is 5.94. The molecule has 1 unspecified atom stereocenters. The molecule has 0 aromatic rings. The van der Waals surface area contributed by atoms with Gasteiger partial charge in [0.1, 0.15) is 6.61 Å². The molecule has 0 aliphatic carbocycles. The molecule has 0 fully saturated rings. The Balaban J connectivity index is 3.36. The van der Waals surface area contributed by atoms with Crippen LogP contribution in [0.2, 0.25) is 0 Å². The normalized spacial score (nSPS) is 12.1. The lowest BCUT2D eigenvalue weighted by Crippen LogP contribution is -2.21. The van der Waals surface area contributed by atoms with E-state index in [1.54, 1.807) is 0 Å². The molecule has 0 heterocycles. The van der Waals surface area contributed by atoms with Gasteiger partial charge in [-0.1, -0.05) is 167 Å². The van der Waals surface area contributed by atoms with Gasteiger partial charge in [-0.15, -0.1) is 0 Å². The van der Waals surface area contributed by atoms with Gasteiger partial charge in [-0.25, -0.2) is 0 Å². The monoisotopic (exact) mass is 562 g/mol. The van der Waals surface area contributed by atoms with Gasteiger partial charge in [-0.05, 0) is 32.1 Å². The topological polar surface area (TPSA) is 63.6 Å². The first kappa shape index (κ1) is 38.4. The fourth-order valence-corrected chi connectivity index (χ4v) is 5.36. The molecule has 234 valence electrons. The van der Waals surface area contributed by atoms with Crippen molar-refractivity contribution in [1.82, 2.24) is 0 Å². The molecule has 0 aromatic carbocycles. The minimum absolute atomic E-state index is 0.133. The van der Waals surface area contributed by atoms with Crippen LogP contribution in [0.1, 0.15) is 180 Å². The maximum atomic E-state index is 12.0. The number of carbonyl (C=O) groups excluding carboxylic acids is 1. The van der Waals surface area contributed by atoms with Gasteiger partial charge in [0.15, 0.2) is 0 Å². The molecule has 0 aromatic heterocycles. The van der Waals surface area contributed by atoms with Crippen LogP contribution in [0.3, 0.4) is 0 Å². The van der Waals surface area contributed by atoms with Crippen molar-refractivity contribution in [2.45, 2.75) is 180 Å². The molecule has 0 radical (unpaired) electrons. The molecule has 4 nitrogen and oxygen atoms in total. The van der Waals surface area contributed by atoms with E-state index in [2.05, 4.69) is 25.7 Å². The second-order valence-corrected chi connectivity index (χ2v) is 11.8. The lowest BCUT2D eigenvalue weighted by Gasteiger charge is -2.12. The van der Waals surface area contributed by atoms with Crippen molar-refractivity contribution in [2.75, 3.05) is 6.61 Å². The number of aliphatic carboxylic acids is 1. The first-order valence-electron chi connectivity index (χ1n) is 17.3. The second kappa shape index (κ2) is 31.9. The number of hydrogen-bond donors (Lipinski definition) is 1. The van der Waals surface area contributed by atoms with Crippen molar-refractivity contribution in [1.29, 1.82) is 0 Å². The minimum atomic E-state index is -0.957. The highest BCUT2D eigenvalue weighted by Crippen LogP contribution is 2.17. The number of hydrogen-bond acceptors (Lipinski definition) is 3. The number of esters is 1. The zero-order valence-corrected chi connectivity index (χ0v) is 26.5. The van der Waals surface area contributed by atoms with E-state index in [0.29, 0.717) is 6.42 Å². The number of ether oxygens (including phenoxy) is 1. The fraction of sp³-hybridized carbons (Fsp3) is 0.833. The Morgan fingerprint density at radius 1 is 0.625 bits per heavy atom. The lowest BCUT2D eigenvalue weighted by atomic mass is 9.98. The number of allylic oxidation sites excluding steroid dienone is 2. The van der Waals surface area contributed by atoms with Crippen LogP contribution in [-0.2, 0) is 14.3 Å². The number of carboxylic acid groups (broad SMARTS) is 1. The van der Waals surface area contributed by atoms with Crippen molar-refractivity contribution >= 4 is 11.9 Å². The van der Waals surface area contributed by atoms with E-state index in [1.165, 1.54) is 147 Å². The highest BCUT2D eigenvalue weighted by Gasteiger charge is 2.22. The standard InChI is InChI=1S/C36H66O4/c1-3-5-6-7-8-9-10-11-12-13-14-15-16-17-18-19-20-21-22-23-24-25-26-27-28-29-30-31-34(33-35(37)38)36(39)40-32-4-2/h4,27-28,34H,2-3,5-26,29-33H2,1H3,(H,37,38)/b28-27+. The Morgan fingerprint density at radius 2 is 1.00 bits per heavy atom. The predicted molar refractivity (Wildman–Crippen MR) is 172 cm³/mol. The molecule has 1 N–H and O–H groups in total. The van der Waals surface area contributed by atoms with Crippen molar-refractivity contribution in [3.8, 4) is 0 Å². The summed E-state index contributed by atoms with van der Waals surface area (Å²) in [4.78, 5) is 23.0. The Bertz CT molecular complexity index is 598. The van der Waals surface area contributed by atoms with E-state index in [4.69, 9.17) is 9.84 Å². The summed E-state index contributed by atoms with van der Waals surface area (Å²) in [6, 6.07) is 0. The average molecular weight is 563 g/mol. The number of carbonyl (C=O) groups is 2. The summed E-state index contributed by atoms with van der Waals surface area (Å²) >= 11 is 0. The number of unbranched alkanes of at least 4 members (excludes halogenated alkanes) is 23. The molecule has 0 saturated heterocycles. The smallest absolute Gasteiger partial charge is 0.309 e. The van der Waals surface area contributed by atoms with Crippen molar-refractivity contribution < 1.29 is 19.4 Å². The number of rotatable bonds is 32. The highest BCUT2D eigenvalue weighted by molar-refractivity contribution is 5.79. The van der Waals surface area contributed by atoms with Crippen LogP contribution >= 0.6 is 0 Å². The summed E-state index contributed by atoms with van der Waals surface area (Å²) in [6.07, 6.45) is 40.2. The Morgan fingerprint density at radius 3 is 1.38 bits per heavy atom. The van der Waals surface area contributed by atoms with Gasteiger partial charge in [-0.3, -0.25) is 9.59 Å². The van der Waals surface area contributed by atoms with Gasteiger partial charge < -0.3 is 9.84 Å². The molecule has 0 amide bonds. The van der Waals surface area contributed by atoms with Crippen LogP contribution < -0.4 is 0 Å². The molecule has 4 heteroatoms. The fourth-order valence-electron chi connectivity index (χ4n) is 5.36. The third-order valence-electron chi connectivity index (χ3n) is 7.91. The third-order valence-corrected chi connectivity index (χ3v) is 7.91. The van der Waals surface area contributed by atoms with Crippen LogP contribution in [0.5, 0.6) is 0 Å². The molecule has 1 atom stereocenters. The lowest BCUT2D eigenvalue weighted by molar-refractivity contribution is -0.152. The van der Waals surface area contributed by atoms with Crippen LogP contribution in [0.25, 0.3) is 0 Å². The Kier molecular flexibility index (Phi) is 30.7. The molecular weight excluding hydrogens is 496 g/mol. The number of carboxylic acids is 1. The second-order valence-electron chi connectivity index (χ2n) is 11.8. The SMILES string of the molecule is C=CCOC(=O)C(CCC/C=C/CCCCCCCCCCCCCCCCCCCCCCCC)CC(=O)O. The summed E-state index contributed by atoms with van der Waals surface area (Å²) in [5, 5.41) is 9.02. The zero-order valence-electron chi connectivity index (χ0n) is 26.5. The van der Waals surface area contributed by atoms with E-state index in [0.717, 1.165) is 19.3 Å². The molecule has 40 heavy (non-hydrogen) atoms. The maximum absolute atomic E-state index is 12.0. The molecule has 0 aliphatic heterocycles. The van der Waals surface area contributed by atoms with Gasteiger partial charge in [0.05, 0.1) is 12.3 Å². The van der Waals surface area contributed by atoms with E-state index in [-0.39, 0.29) is 13.0 Å². The van der Waals surface area contributed by atoms with E-state index >= 15 is 0 Å². The third kappa shape index (κ3) is 29.4. The predicted octanol–water partition coefficient (Wildman–Crippen LogP) is 11.5. The average Bonchev–Trinajstić information content (AvgIpc) is 2.94. The maximum Gasteiger partial charge on any atom is 0.309 e. The highest BCUT2D eigenvalue weighted by atomic mass is 16.5. The van der Waals surface area contributed by atoms with Crippen LogP contribution in [0.4, 0.5) is 0 Å². The summed E-state index contributed by atoms with van der Waals surface area (Å²) in [5.41, 5.74) is 0. The molecule has 0 spiro atoms. The van der Waals surface area contributed by atoms with Gasteiger partial charge in [0.2, 0.25) is 0 Å². The first-order valence-corrected chi connectivity index (χ1v) is 17.3. The summed E-state index contributed by atoms with van der Waals surface area (Å²) in [7, 11) is 0. The van der Waals surface area contributed by atoms with Crippen molar-refractivity contribution in [2.24, 2.45) is 5.92 Å². The van der Waals surface area contributed by atoms with Crippen LogP contribution in [-0.4, -0.2) is 23.7 Å². The summed E-state index contributed by atoms with van der Waals surface area (Å²) in [5.74, 6) is -1.95. The Labute approximate surface area is 248 Å². The Hall–Kier alpha value is -1.58. The van der Waals surface area contributed by atoms with Gasteiger partial charge >= 0.3 is 11.9 Å². The first-order chi connectivity index (χ1) is 19.6. The minimum Gasteiger partial charge on any atom is -0.481 e. The van der Waals surface area contributed by atoms with Crippen molar-refractivity contribution in [3.05, 3.63) is 24.8 Å². The molecule has 0 bridgehead atoms. The van der Waals surface area contributed by atoms with Crippen LogP contribution in [0.15, 0.2) is 24.8 Å². The van der Waals surface area contributed by atoms with E-state index in [1.807, 2.05) is 0 Å². The van der Waals surface area contributed by atoms with Gasteiger partial charge in [-0.2, -0.15) is 0 Å². The molecular formula is C36H66O4. The molecule has 0 rings (SSSR count). The molecule has 0 aliphatic rings.